The number of carbonyl (C=O) groups is 1. The highest BCUT2D eigenvalue weighted by atomic mass is 79.9. The monoisotopic (exact) mass is 416 g/mol. The van der Waals surface area contributed by atoms with Crippen molar-refractivity contribution in [1.29, 1.82) is 0 Å². The number of nitrogens with zero attached hydrogens (tertiary/aromatic N) is 2. The van der Waals surface area contributed by atoms with Crippen LogP contribution in [0.4, 0.5) is 0 Å². The van der Waals surface area contributed by atoms with Gasteiger partial charge in [-0.05, 0) is 51.2 Å². The molecule has 0 aliphatic carbocycles. The summed E-state index contributed by atoms with van der Waals surface area (Å²) in [6.07, 6.45) is 2.03. The van der Waals surface area contributed by atoms with E-state index in [-0.39, 0.29) is 11.9 Å². The first-order chi connectivity index (χ1) is 12.6. The number of para-hydroxylation sites is 1. The zero-order valence-corrected chi connectivity index (χ0v) is 16.9. The van der Waals surface area contributed by atoms with E-state index >= 15 is 0 Å². The van der Waals surface area contributed by atoms with Gasteiger partial charge in [0, 0.05) is 23.1 Å². The summed E-state index contributed by atoms with van der Waals surface area (Å²) in [5, 5.41) is 0. The molecule has 0 bridgehead atoms. The van der Waals surface area contributed by atoms with Gasteiger partial charge in [-0.2, -0.15) is 0 Å². The minimum absolute atomic E-state index is 0.0299. The molecule has 138 valence electrons. The molecule has 1 aliphatic heterocycles. The Morgan fingerprint density at radius 1 is 1.15 bits per heavy atom. The van der Waals surface area contributed by atoms with Gasteiger partial charge in [0.15, 0.2) is 0 Å². The molecule has 3 rings (SSSR count). The average molecular weight is 417 g/mol. The number of likely N-dealkylation sites (tertiary alicyclic amines) is 1. The van der Waals surface area contributed by atoms with Gasteiger partial charge in [-0.15, -0.1) is 0 Å². The van der Waals surface area contributed by atoms with E-state index in [0.29, 0.717) is 17.9 Å². The fourth-order valence-corrected chi connectivity index (χ4v) is 3.68. The van der Waals surface area contributed by atoms with Crippen LogP contribution in [0, 0.1) is 0 Å². The van der Waals surface area contributed by atoms with Crippen LogP contribution in [0.2, 0.25) is 0 Å². The molecule has 0 aromatic heterocycles. The second kappa shape index (κ2) is 8.69. The van der Waals surface area contributed by atoms with E-state index in [0.717, 1.165) is 36.0 Å². The third kappa shape index (κ3) is 4.46. The maximum Gasteiger partial charge on any atom is 0.257 e. The van der Waals surface area contributed by atoms with E-state index in [1.54, 1.807) is 0 Å². The predicted molar refractivity (Wildman–Crippen MR) is 108 cm³/mol. The molecule has 0 radical (unpaired) electrons. The lowest BCUT2D eigenvalue weighted by molar-refractivity contribution is 0.0655. The predicted octanol–water partition coefficient (Wildman–Crippen LogP) is 4.19. The highest BCUT2D eigenvalue weighted by molar-refractivity contribution is 9.10. The molecule has 0 atom stereocenters. The molecule has 1 saturated heterocycles. The Kier molecular flexibility index (Phi) is 6.33. The lowest BCUT2D eigenvalue weighted by Gasteiger charge is -2.35. The van der Waals surface area contributed by atoms with Crippen LogP contribution >= 0.6 is 15.9 Å². The summed E-state index contributed by atoms with van der Waals surface area (Å²) in [6.45, 7) is 2.48. The lowest BCUT2D eigenvalue weighted by Crippen LogP contribution is -2.44. The number of benzene rings is 2. The maximum absolute atomic E-state index is 13.0. The van der Waals surface area contributed by atoms with E-state index in [2.05, 4.69) is 27.9 Å². The first-order valence-electron chi connectivity index (χ1n) is 8.97. The summed E-state index contributed by atoms with van der Waals surface area (Å²) >= 11 is 3.54. The molecule has 4 nitrogen and oxygen atoms in total. The van der Waals surface area contributed by atoms with E-state index in [9.17, 15) is 4.79 Å². The van der Waals surface area contributed by atoms with Crippen LogP contribution in [0.5, 0.6) is 5.75 Å². The van der Waals surface area contributed by atoms with Gasteiger partial charge in [0.05, 0.1) is 5.56 Å². The smallest absolute Gasteiger partial charge is 0.257 e. The van der Waals surface area contributed by atoms with E-state index in [4.69, 9.17) is 4.74 Å². The van der Waals surface area contributed by atoms with Crippen molar-refractivity contribution in [2.75, 3.05) is 27.2 Å². The summed E-state index contributed by atoms with van der Waals surface area (Å²) in [7, 11) is 4.03. The highest BCUT2D eigenvalue weighted by Gasteiger charge is 2.26. The Morgan fingerprint density at radius 2 is 1.81 bits per heavy atom. The van der Waals surface area contributed by atoms with Gasteiger partial charge in [0.25, 0.3) is 5.91 Å². The van der Waals surface area contributed by atoms with Crippen molar-refractivity contribution in [3.8, 4) is 5.75 Å². The minimum Gasteiger partial charge on any atom is -0.488 e. The zero-order chi connectivity index (χ0) is 18.5. The maximum atomic E-state index is 13.0. The lowest BCUT2D eigenvalue weighted by atomic mass is 10.0. The first-order valence-corrected chi connectivity index (χ1v) is 9.76. The molecule has 0 spiro atoms. The van der Waals surface area contributed by atoms with Gasteiger partial charge in [-0.1, -0.05) is 46.3 Å². The van der Waals surface area contributed by atoms with Gasteiger partial charge in [0.2, 0.25) is 0 Å². The van der Waals surface area contributed by atoms with Gasteiger partial charge in [-0.3, -0.25) is 4.79 Å². The third-order valence-electron chi connectivity index (χ3n) is 5.01. The van der Waals surface area contributed by atoms with Crippen molar-refractivity contribution >= 4 is 21.8 Å². The van der Waals surface area contributed by atoms with Crippen LogP contribution in [0.1, 0.15) is 28.8 Å². The fourth-order valence-electron chi connectivity index (χ4n) is 3.28. The summed E-state index contributed by atoms with van der Waals surface area (Å²) < 4.78 is 7.00. The molecule has 5 heteroatoms. The number of rotatable bonds is 5. The third-order valence-corrected chi connectivity index (χ3v) is 5.79. The Hall–Kier alpha value is -1.85. The molecule has 0 N–H and O–H groups in total. The zero-order valence-electron chi connectivity index (χ0n) is 15.3. The normalized spacial score (nSPS) is 15.7. The van der Waals surface area contributed by atoms with Crippen molar-refractivity contribution < 1.29 is 9.53 Å². The SMILES string of the molecule is CN1CCC(N(C)C(=O)c2ccccc2OCc2ccccc2Br)CC1. The van der Waals surface area contributed by atoms with Crippen molar-refractivity contribution in [3.05, 3.63) is 64.1 Å². The van der Waals surface area contributed by atoms with Crippen molar-refractivity contribution in [2.45, 2.75) is 25.5 Å². The standard InChI is InChI=1S/C21H25BrN2O2/c1-23-13-11-17(12-14-23)24(2)21(25)18-8-4-6-10-20(18)26-15-16-7-3-5-9-19(16)22/h3-10,17H,11-15H2,1-2H3. The number of amides is 1. The molecule has 1 aliphatic rings. The van der Waals surface area contributed by atoms with Gasteiger partial charge in [0.1, 0.15) is 12.4 Å². The van der Waals surface area contributed by atoms with Gasteiger partial charge < -0.3 is 14.5 Å². The Morgan fingerprint density at radius 3 is 2.54 bits per heavy atom. The second-order valence-corrected chi connectivity index (χ2v) is 7.68. The number of carbonyl (C=O) groups excluding carboxylic acids is 1. The second-order valence-electron chi connectivity index (χ2n) is 6.83. The minimum atomic E-state index is 0.0299. The van der Waals surface area contributed by atoms with Crippen LogP contribution < -0.4 is 4.74 Å². The molecular formula is C21H25BrN2O2. The quantitative estimate of drug-likeness (QED) is 0.732. The Bertz CT molecular complexity index is 757. The Labute approximate surface area is 163 Å². The largest absolute Gasteiger partial charge is 0.488 e. The van der Waals surface area contributed by atoms with Crippen molar-refractivity contribution in [1.82, 2.24) is 9.80 Å². The van der Waals surface area contributed by atoms with Gasteiger partial charge >= 0.3 is 0 Å². The number of hydrogen-bond acceptors (Lipinski definition) is 3. The summed E-state index contributed by atoms with van der Waals surface area (Å²) in [4.78, 5) is 17.2. The molecule has 26 heavy (non-hydrogen) atoms. The van der Waals surface area contributed by atoms with Crippen LogP contribution in [0.25, 0.3) is 0 Å². The molecule has 1 fully saturated rings. The number of piperidine rings is 1. The molecular weight excluding hydrogens is 392 g/mol. The first kappa shape index (κ1) is 18.9. The number of halogens is 1. The van der Waals surface area contributed by atoms with E-state index in [1.165, 1.54) is 0 Å². The topological polar surface area (TPSA) is 32.8 Å². The molecule has 1 amide bonds. The summed E-state index contributed by atoms with van der Waals surface area (Å²) in [5.41, 5.74) is 1.68. The number of hydrogen-bond donors (Lipinski definition) is 0. The van der Waals surface area contributed by atoms with Crippen LogP contribution in [-0.4, -0.2) is 48.9 Å². The van der Waals surface area contributed by atoms with Crippen LogP contribution in [0.3, 0.4) is 0 Å². The molecule has 2 aromatic carbocycles. The van der Waals surface area contributed by atoms with Crippen molar-refractivity contribution in [2.24, 2.45) is 0 Å². The summed E-state index contributed by atoms with van der Waals surface area (Å²) in [6, 6.07) is 15.8. The molecule has 1 heterocycles. The Balaban J connectivity index is 1.72. The molecule has 0 unspecified atom stereocenters. The van der Waals surface area contributed by atoms with Gasteiger partial charge in [-0.25, -0.2) is 0 Å². The van der Waals surface area contributed by atoms with Crippen molar-refractivity contribution in [3.63, 3.8) is 0 Å². The number of ether oxygens (including phenoxy) is 1. The highest BCUT2D eigenvalue weighted by Crippen LogP contribution is 2.25. The van der Waals surface area contributed by atoms with E-state index < -0.39 is 0 Å². The summed E-state index contributed by atoms with van der Waals surface area (Å²) in [5.74, 6) is 0.662. The van der Waals surface area contributed by atoms with Crippen LogP contribution in [-0.2, 0) is 6.61 Å². The fraction of sp³-hybridized carbons (Fsp3) is 0.381. The van der Waals surface area contributed by atoms with Crippen LogP contribution in [0.15, 0.2) is 53.0 Å². The molecule has 0 saturated carbocycles. The van der Waals surface area contributed by atoms with E-state index in [1.807, 2.05) is 60.5 Å². The molecule has 2 aromatic rings. The average Bonchev–Trinajstić information content (AvgIpc) is 2.67.